The van der Waals surface area contributed by atoms with Gasteiger partial charge in [-0.3, -0.25) is 4.79 Å². The molecule has 1 unspecified atom stereocenters. The number of benzene rings is 1. The van der Waals surface area contributed by atoms with Gasteiger partial charge in [0.2, 0.25) is 0 Å². The van der Waals surface area contributed by atoms with Gasteiger partial charge < -0.3 is 10.8 Å². The molecule has 3 fully saturated rings. The van der Waals surface area contributed by atoms with Crippen molar-refractivity contribution in [2.24, 2.45) is 11.1 Å². The molecule has 1 aromatic rings. The minimum atomic E-state index is -0.858. The molecule has 1 aromatic carbocycles. The first kappa shape index (κ1) is 10.8. The molecule has 4 rings (SSSR count). The lowest BCUT2D eigenvalue weighted by molar-refractivity contribution is -0.179. The van der Waals surface area contributed by atoms with E-state index in [0.29, 0.717) is 0 Å². The number of aryl methyl sites for hydroxylation is 1. The lowest BCUT2D eigenvalue weighted by Crippen LogP contribution is -2.72. The van der Waals surface area contributed by atoms with E-state index in [1.165, 1.54) is 11.1 Å². The molecular weight excluding hydrogens is 214 g/mol. The van der Waals surface area contributed by atoms with Crippen molar-refractivity contribution in [3.63, 3.8) is 0 Å². The number of hydrogen-bond acceptors (Lipinski definition) is 2. The number of rotatable bonds is 3. The van der Waals surface area contributed by atoms with Crippen LogP contribution in [0.5, 0.6) is 0 Å². The van der Waals surface area contributed by atoms with Gasteiger partial charge in [-0.25, -0.2) is 0 Å². The van der Waals surface area contributed by atoms with Crippen LogP contribution in [0.15, 0.2) is 24.3 Å². The Morgan fingerprint density at radius 1 is 1.35 bits per heavy atom. The molecule has 0 spiro atoms. The third-order valence-electron chi connectivity index (χ3n) is 4.71. The summed E-state index contributed by atoms with van der Waals surface area (Å²) in [5.41, 5.74) is 8.59. The van der Waals surface area contributed by atoms with E-state index in [1.54, 1.807) is 0 Å². The maximum absolute atomic E-state index is 10.9. The highest BCUT2D eigenvalue weighted by molar-refractivity contribution is 5.76. The molecule has 0 aliphatic heterocycles. The Kier molecular flexibility index (Phi) is 1.97. The highest BCUT2D eigenvalue weighted by Crippen LogP contribution is 2.74. The quantitative estimate of drug-likeness (QED) is 0.834. The Labute approximate surface area is 101 Å². The molecule has 3 aliphatic rings. The number of carbonyl (C=O) groups is 1. The van der Waals surface area contributed by atoms with E-state index >= 15 is 0 Å². The predicted octanol–water partition coefficient (Wildman–Crippen LogP) is 1.83. The number of carboxylic acid groups (broad SMARTS) is 1. The highest BCUT2D eigenvalue weighted by Gasteiger charge is 2.71. The fourth-order valence-electron chi connectivity index (χ4n) is 3.91. The largest absolute Gasteiger partial charge is 0.480 e. The summed E-state index contributed by atoms with van der Waals surface area (Å²) in [6.07, 6.45) is 2.83. The molecule has 0 radical (unpaired) electrons. The van der Waals surface area contributed by atoms with Crippen LogP contribution in [-0.4, -0.2) is 17.1 Å². The van der Waals surface area contributed by atoms with Crippen LogP contribution in [0.4, 0.5) is 0 Å². The van der Waals surface area contributed by atoms with Gasteiger partial charge in [0, 0.05) is 0 Å². The first-order valence-corrected chi connectivity index (χ1v) is 6.04. The minimum absolute atomic E-state index is 0.117. The molecule has 0 amide bonds. The molecule has 17 heavy (non-hydrogen) atoms. The number of carboxylic acids is 1. The van der Waals surface area contributed by atoms with Crippen LogP contribution in [-0.2, 0) is 10.2 Å². The Balaban J connectivity index is 1.81. The Morgan fingerprint density at radius 3 is 2.47 bits per heavy atom. The van der Waals surface area contributed by atoms with Gasteiger partial charge in [0.1, 0.15) is 6.04 Å². The maximum atomic E-state index is 10.9. The monoisotopic (exact) mass is 231 g/mol. The zero-order chi connectivity index (χ0) is 12.3. The van der Waals surface area contributed by atoms with E-state index in [4.69, 9.17) is 10.8 Å². The summed E-state index contributed by atoms with van der Waals surface area (Å²) in [5.74, 6) is -0.858. The summed E-state index contributed by atoms with van der Waals surface area (Å²) in [6, 6.07) is 7.72. The summed E-state index contributed by atoms with van der Waals surface area (Å²) in [4.78, 5) is 10.9. The fourth-order valence-corrected chi connectivity index (χ4v) is 3.91. The third-order valence-corrected chi connectivity index (χ3v) is 4.71. The summed E-state index contributed by atoms with van der Waals surface area (Å²) >= 11 is 0. The zero-order valence-corrected chi connectivity index (χ0v) is 9.94. The van der Waals surface area contributed by atoms with Gasteiger partial charge in [0.05, 0.1) is 0 Å². The van der Waals surface area contributed by atoms with Gasteiger partial charge in [0.25, 0.3) is 0 Å². The summed E-state index contributed by atoms with van der Waals surface area (Å²) in [6.45, 7) is 2.12. The first-order valence-electron chi connectivity index (χ1n) is 6.04. The van der Waals surface area contributed by atoms with Crippen LogP contribution in [0.3, 0.4) is 0 Å². The SMILES string of the molecule is Cc1ccccc1C12CC(C(N)C(=O)O)(C1)C2. The average Bonchev–Trinajstić information content (AvgIpc) is 2.16. The van der Waals surface area contributed by atoms with Crippen molar-refractivity contribution in [3.8, 4) is 0 Å². The maximum Gasteiger partial charge on any atom is 0.321 e. The van der Waals surface area contributed by atoms with Crippen molar-refractivity contribution < 1.29 is 9.90 Å². The van der Waals surface area contributed by atoms with E-state index in [1.807, 2.05) is 6.07 Å². The van der Waals surface area contributed by atoms with Gasteiger partial charge in [-0.1, -0.05) is 24.3 Å². The molecule has 3 heteroatoms. The second kappa shape index (κ2) is 3.10. The fraction of sp³-hybridized carbons (Fsp3) is 0.500. The number of nitrogens with two attached hydrogens (primary N) is 1. The molecule has 0 saturated heterocycles. The van der Waals surface area contributed by atoms with Crippen LogP contribution in [0.25, 0.3) is 0 Å². The standard InChI is InChI=1S/C14H17NO2/c1-9-4-2-3-5-10(9)13-6-14(7-13,8-13)11(15)12(16)17/h2-5,11H,6-8,15H2,1H3,(H,16,17). The third kappa shape index (κ3) is 1.23. The van der Waals surface area contributed by atoms with E-state index < -0.39 is 12.0 Å². The molecule has 90 valence electrons. The van der Waals surface area contributed by atoms with Crippen LogP contribution in [0.1, 0.15) is 30.4 Å². The lowest BCUT2D eigenvalue weighted by atomic mass is 9.31. The van der Waals surface area contributed by atoms with Crippen LogP contribution >= 0.6 is 0 Å². The zero-order valence-electron chi connectivity index (χ0n) is 9.94. The Hall–Kier alpha value is -1.35. The Bertz CT molecular complexity index is 475. The molecule has 0 heterocycles. The smallest absolute Gasteiger partial charge is 0.321 e. The van der Waals surface area contributed by atoms with Gasteiger partial charge in [-0.2, -0.15) is 0 Å². The van der Waals surface area contributed by atoms with Crippen LogP contribution in [0.2, 0.25) is 0 Å². The van der Waals surface area contributed by atoms with Crippen molar-refractivity contribution in [2.75, 3.05) is 0 Å². The van der Waals surface area contributed by atoms with Crippen molar-refractivity contribution >= 4 is 5.97 Å². The van der Waals surface area contributed by atoms with Gasteiger partial charge in [0.15, 0.2) is 0 Å². The molecule has 0 aromatic heterocycles. The average molecular weight is 231 g/mol. The summed E-state index contributed by atoms with van der Waals surface area (Å²) in [7, 11) is 0. The normalized spacial score (nSPS) is 35.6. The van der Waals surface area contributed by atoms with Crippen molar-refractivity contribution in [1.82, 2.24) is 0 Å². The van der Waals surface area contributed by atoms with Crippen molar-refractivity contribution in [1.29, 1.82) is 0 Å². The topological polar surface area (TPSA) is 63.3 Å². The van der Waals surface area contributed by atoms with E-state index in [2.05, 4.69) is 25.1 Å². The second-order valence-electron chi connectivity index (χ2n) is 5.80. The summed E-state index contributed by atoms with van der Waals surface area (Å²) in [5, 5.41) is 8.99. The van der Waals surface area contributed by atoms with E-state index in [-0.39, 0.29) is 10.8 Å². The van der Waals surface area contributed by atoms with Gasteiger partial charge in [-0.15, -0.1) is 0 Å². The molecule has 1 atom stereocenters. The number of aliphatic carboxylic acids is 1. The molecule has 2 bridgehead atoms. The van der Waals surface area contributed by atoms with Gasteiger partial charge in [-0.05, 0) is 48.1 Å². The lowest BCUT2D eigenvalue weighted by Gasteiger charge is -2.72. The molecule has 3 nitrogen and oxygen atoms in total. The van der Waals surface area contributed by atoms with Crippen LogP contribution in [0, 0.1) is 12.3 Å². The molecule has 3 N–H and O–H groups in total. The van der Waals surface area contributed by atoms with Crippen LogP contribution < -0.4 is 5.73 Å². The Morgan fingerprint density at radius 2 is 1.94 bits per heavy atom. The minimum Gasteiger partial charge on any atom is -0.480 e. The van der Waals surface area contributed by atoms with Crippen molar-refractivity contribution in [2.45, 2.75) is 37.6 Å². The van der Waals surface area contributed by atoms with E-state index in [9.17, 15) is 4.79 Å². The van der Waals surface area contributed by atoms with Crippen molar-refractivity contribution in [3.05, 3.63) is 35.4 Å². The summed E-state index contributed by atoms with van der Waals surface area (Å²) < 4.78 is 0. The van der Waals surface area contributed by atoms with Gasteiger partial charge >= 0.3 is 5.97 Å². The molecule has 3 saturated carbocycles. The molecule has 3 aliphatic carbocycles. The van der Waals surface area contributed by atoms with E-state index in [0.717, 1.165) is 19.3 Å². The second-order valence-corrected chi connectivity index (χ2v) is 5.80. The first-order chi connectivity index (χ1) is 7.99. The predicted molar refractivity (Wildman–Crippen MR) is 64.8 cm³/mol. The number of hydrogen-bond donors (Lipinski definition) is 2. The molecular formula is C14H17NO2. The highest BCUT2D eigenvalue weighted by atomic mass is 16.4.